The van der Waals surface area contributed by atoms with E-state index in [0.717, 1.165) is 17.2 Å². The highest BCUT2D eigenvalue weighted by Crippen LogP contribution is 2.24. The molecule has 0 amide bonds. The third-order valence-corrected chi connectivity index (χ3v) is 3.42. The molecule has 0 saturated heterocycles. The van der Waals surface area contributed by atoms with Crippen LogP contribution in [0.2, 0.25) is 0 Å². The Kier molecular flexibility index (Phi) is 4.71. The molecule has 0 saturated carbocycles. The van der Waals surface area contributed by atoms with Crippen molar-refractivity contribution in [3.8, 4) is 11.5 Å². The Labute approximate surface area is 130 Å². The zero-order valence-electron chi connectivity index (χ0n) is 13.1. The summed E-state index contributed by atoms with van der Waals surface area (Å²) in [5.74, 6) is 0.713. The van der Waals surface area contributed by atoms with Crippen molar-refractivity contribution in [3.05, 3.63) is 54.1 Å². The van der Waals surface area contributed by atoms with Crippen LogP contribution in [0.15, 0.2) is 48.5 Å². The standard InChI is InChI=1S/C18H21NO3/c1-13-4-8-15(9-5-13)22-16-10-6-14(7-11-16)19-12-18(2,3)17(20)21/h4-11,19H,12H2,1-3H3,(H,20,21). The van der Waals surface area contributed by atoms with E-state index < -0.39 is 11.4 Å². The smallest absolute Gasteiger partial charge is 0.310 e. The van der Waals surface area contributed by atoms with Gasteiger partial charge >= 0.3 is 5.97 Å². The first kappa shape index (κ1) is 15.9. The van der Waals surface area contributed by atoms with Crippen LogP contribution in [0.4, 0.5) is 5.69 Å². The largest absolute Gasteiger partial charge is 0.481 e. The molecule has 2 aromatic rings. The Morgan fingerprint density at radius 3 is 2.05 bits per heavy atom. The van der Waals surface area contributed by atoms with Gasteiger partial charge in [-0.05, 0) is 57.2 Å². The molecule has 0 atom stereocenters. The summed E-state index contributed by atoms with van der Waals surface area (Å²) in [6.45, 7) is 5.78. The normalized spacial score (nSPS) is 11.0. The van der Waals surface area contributed by atoms with Gasteiger partial charge in [0.2, 0.25) is 0 Å². The van der Waals surface area contributed by atoms with E-state index in [4.69, 9.17) is 9.84 Å². The maximum Gasteiger partial charge on any atom is 0.310 e. The molecule has 0 aliphatic carbocycles. The SMILES string of the molecule is Cc1ccc(Oc2ccc(NCC(C)(C)C(=O)O)cc2)cc1. The molecule has 0 aromatic heterocycles. The first-order valence-corrected chi connectivity index (χ1v) is 7.19. The minimum absolute atomic E-state index is 0.362. The van der Waals surface area contributed by atoms with Gasteiger partial charge in [-0.15, -0.1) is 0 Å². The van der Waals surface area contributed by atoms with Gasteiger partial charge in [-0.25, -0.2) is 0 Å². The van der Waals surface area contributed by atoms with Gasteiger partial charge in [-0.2, -0.15) is 0 Å². The van der Waals surface area contributed by atoms with Gasteiger partial charge in [-0.1, -0.05) is 17.7 Å². The lowest BCUT2D eigenvalue weighted by atomic mass is 9.94. The maximum atomic E-state index is 11.1. The fraction of sp³-hybridized carbons (Fsp3) is 0.278. The van der Waals surface area contributed by atoms with Gasteiger partial charge in [0.05, 0.1) is 5.41 Å². The second-order valence-corrected chi connectivity index (χ2v) is 5.98. The van der Waals surface area contributed by atoms with Crippen molar-refractivity contribution in [3.63, 3.8) is 0 Å². The van der Waals surface area contributed by atoms with Crippen LogP contribution >= 0.6 is 0 Å². The molecule has 2 aromatic carbocycles. The number of benzene rings is 2. The lowest BCUT2D eigenvalue weighted by Crippen LogP contribution is -2.31. The maximum absolute atomic E-state index is 11.1. The second kappa shape index (κ2) is 6.52. The summed E-state index contributed by atoms with van der Waals surface area (Å²) < 4.78 is 5.75. The Morgan fingerprint density at radius 1 is 1.05 bits per heavy atom. The summed E-state index contributed by atoms with van der Waals surface area (Å²) in [4.78, 5) is 11.1. The minimum atomic E-state index is -0.820. The van der Waals surface area contributed by atoms with Crippen LogP contribution < -0.4 is 10.1 Å². The molecule has 4 nitrogen and oxygen atoms in total. The van der Waals surface area contributed by atoms with E-state index in [9.17, 15) is 4.79 Å². The van der Waals surface area contributed by atoms with E-state index >= 15 is 0 Å². The van der Waals surface area contributed by atoms with E-state index in [-0.39, 0.29) is 0 Å². The number of ether oxygens (including phenoxy) is 1. The monoisotopic (exact) mass is 299 g/mol. The van der Waals surface area contributed by atoms with Crippen LogP contribution in [-0.2, 0) is 4.79 Å². The number of aryl methyl sites for hydroxylation is 1. The fourth-order valence-corrected chi connectivity index (χ4v) is 1.78. The molecule has 2 N–H and O–H groups in total. The van der Waals surface area contributed by atoms with Gasteiger partial charge in [-0.3, -0.25) is 4.79 Å². The number of carboxylic acids is 1. The molecule has 0 bridgehead atoms. The van der Waals surface area contributed by atoms with Crippen LogP contribution in [0, 0.1) is 12.3 Å². The molecule has 0 unspecified atom stereocenters. The van der Waals surface area contributed by atoms with E-state index in [1.165, 1.54) is 5.56 Å². The van der Waals surface area contributed by atoms with E-state index in [0.29, 0.717) is 6.54 Å². The Morgan fingerprint density at radius 2 is 1.55 bits per heavy atom. The molecule has 4 heteroatoms. The molecule has 116 valence electrons. The van der Waals surface area contributed by atoms with Crippen molar-refractivity contribution in [2.45, 2.75) is 20.8 Å². The summed E-state index contributed by atoms with van der Waals surface area (Å²) >= 11 is 0. The molecule has 0 aliphatic heterocycles. The molecule has 2 rings (SSSR count). The Bertz CT molecular complexity index is 630. The van der Waals surface area contributed by atoms with Gasteiger partial charge in [0.1, 0.15) is 11.5 Å². The predicted octanol–water partition coefficient (Wildman–Crippen LogP) is 4.31. The number of carboxylic acid groups (broad SMARTS) is 1. The van der Waals surface area contributed by atoms with Crippen molar-refractivity contribution in [2.75, 3.05) is 11.9 Å². The van der Waals surface area contributed by atoms with Gasteiger partial charge < -0.3 is 15.2 Å². The molecule has 22 heavy (non-hydrogen) atoms. The number of hydrogen-bond acceptors (Lipinski definition) is 3. The first-order chi connectivity index (χ1) is 10.4. The first-order valence-electron chi connectivity index (χ1n) is 7.19. The lowest BCUT2D eigenvalue weighted by Gasteiger charge is -2.20. The summed E-state index contributed by atoms with van der Waals surface area (Å²) in [6.07, 6.45) is 0. The number of carbonyl (C=O) groups is 1. The molecule has 0 radical (unpaired) electrons. The summed E-state index contributed by atoms with van der Waals surface area (Å²) in [5, 5.41) is 12.2. The van der Waals surface area contributed by atoms with Crippen molar-refractivity contribution < 1.29 is 14.6 Å². The number of hydrogen-bond donors (Lipinski definition) is 2. The van der Waals surface area contributed by atoms with Gasteiger partial charge in [0.25, 0.3) is 0 Å². The van der Waals surface area contributed by atoms with Gasteiger partial charge in [0.15, 0.2) is 0 Å². The van der Waals surface area contributed by atoms with Crippen LogP contribution in [0.25, 0.3) is 0 Å². The number of anilines is 1. The molecular weight excluding hydrogens is 278 g/mol. The van der Waals surface area contributed by atoms with E-state index in [1.807, 2.05) is 55.5 Å². The third-order valence-electron chi connectivity index (χ3n) is 3.42. The Balaban J connectivity index is 1.95. The minimum Gasteiger partial charge on any atom is -0.481 e. The third kappa shape index (κ3) is 4.25. The highest BCUT2D eigenvalue weighted by atomic mass is 16.5. The molecule has 0 aliphatic rings. The molecule has 0 spiro atoms. The van der Waals surface area contributed by atoms with Crippen LogP contribution in [0.1, 0.15) is 19.4 Å². The topological polar surface area (TPSA) is 58.6 Å². The highest BCUT2D eigenvalue weighted by molar-refractivity contribution is 5.74. The summed E-state index contributed by atoms with van der Waals surface area (Å²) in [5.41, 5.74) is 1.25. The van der Waals surface area contributed by atoms with E-state index in [2.05, 4.69) is 5.32 Å². The molecule has 0 fully saturated rings. The van der Waals surface area contributed by atoms with Crippen molar-refractivity contribution in [1.82, 2.24) is 0 Å². The summed E-state index contributed by atoms with van der Waals surface area (Å²) in [6, 6.07) is 15.3. The average Bonchev–Trinajstić information content (AvgIpc) is 2.49. The zero-order chi connectivity index (χ0) is 16.2. The average molecular weight is 299 g/mol. The van der Waals surface area contributed by atoms with Crippen molar-refractivity contribution in [1.29, 1.82) is 0 Å². The predicted molar refractivity (Wildman–Crippen MR) is 87.6 cm³/mol. The van der Waals surface area contributed by atoms with Crippen LogP contribution in [0.3, 0.4) is 0 Å². The summed E-state index contributed by atoms with van der Waals surface area (Å²) in [7, 11) is 0. The molecule has 0 heterocycles. The van der Waals surface area contributed by atoms with Crippen LogP contribution in [0.5, 0.6) is 11.5 Å². The van der Waals surface area contributed by atoms with Gasteiger partial charge in [0, 0.05) is 12.2 Å². The van der Waals surface area contributed by atoms with Crippen molar-refractivity contribution >= 4 is 11.7 Å². The quantitative estimate of drug-likeness (QED) is 0.834. The molecular formula is C18H21NO3. The highest BCUT2D eigenvalue weighted by Gasteiger charge is 2.26. The second-order valence-electron chi connectivity index (χ2n) is 5.98. The zero-order valence-corrected chi connectivity index (χ0v) is 13.1. The number of rotatable bonds is 6. The number of aliphatic carboxylic acids is 1. The Hall–Kier alpha value is -2.49. The van der Waals surface area contributed by atoms with Crippen LogP contribution in [-0.4, -0.2) is 17.6 Å². The number of nitrogens with one attached hydrogen (secondary N) is 1. The van der Waals surface area contributed by atoms with E-state index in [1.54, 1.807) is 13.8 Å². The fourth-order valence-electron chi connectivity index (χ4n) is 1.78. The lowest BCUT2D eigenvalue weighted by molar-refractivity contribution is -0.146. The van der Waals surface area contributed by atoms with Crippen molar-refractivity contribution in [2.24, 2.45) is 5.41 Å².